The van der Waals surface area contributed by atoms with Crippen molar-refractivity contribution in [2.45, 2.75) is 180 Å². The van der Waals surface area contributed by atoms with Crippen molar-refractivity contribution in [3.8, 4) is 0 Å². The van der Waals surface area contributed by atoms with Crippen molar-refractivity contribution < 1.29 is 38.2 Å². The number of ether oxygens (including phenoxy) is 3. The number of likely N-dealkylation sites (N-methyl/N-ethyl adjacent to an activating group) is 1. The van der Waals surface area contributed by atoms with Gasteiger partial charge < -0.3 is 28.6 Å². The van der Waals surface area contributed by atoms with E-state index in [0.717, 1.165) is 51.4 Å². The van der Waals surface area contributed by atoms with Gasteiger partial charge in [0.1, 0.15) is 12.6 Å². The summed E-state index contributed by atoms with van der Waals surface area (Å²) in [5.41, 5.74) is 0. The van der Waals surface area contributed by atoms with Crippen molar-refractivity contribution in [1.29, 1.82) is 0 Å². The molecule has 0 heterocycles. The number of hydrogen-bond donors (Lipinski definition) is 0. The van der Waals surface area contributed by atoms with Crippen molar-refractivity contribution in [1.82, 2.24) is 0 Å². The normalized spacial score (nSPS) is 13.1. The molecular weight excluding hydrogens is 594 g/mol. The Kier molecular flexibility index (Phi) is 30.1. The second kappa shape index (κ2) is 31.3. The third-order valence-corrected chi connectivity index (χ3v) is 8.65. The highest BCUT2D eigenvalue weighted by Gasteiger charge is 2.25. The molecule has 0 aliphatic rings. The van der Waals surface area contributed by atoms with Crippen molar-refractivity contribution in [2.24, 2.45) is 0 Å². The van der Waals surface area contributed by atoms with Crippen LogP contribution in [0.2, 0.25) is 0 Å². The minimum atomic E-state index is -1.13. The average molecular weight is 668 g/mol. The van der Waals surface area contributed by atoms with Gasteiger partial charge in [-0.05, 0) is 38.5 Å². The second-order valence-corrected chi connectivity index (χ2v) is 14.2. The summed E-state index contributed by atoms with van der Waals surface area (Å²) >= 11 is 0. The number of carbonyl (C=O) groups excluding carboxylic acids is 3. The Hall–Kier alpha value is -1.93. The summed E-state index contributed by atoms with van der Waals surface area (Å²) in [6.07, 6.45) is 29.4. The number of nitrogens with zero attached hydrogens (tertiary/aromatic N) is 1. The van der Waals surface area contributed by atoms with Gasteiger partial charge in [0.05, 0.1) is 40.3 Å². The molecule has 8 heteroatoms. The minimum Gasteiger partial charge on any atom is -0.544 e. The smallest absolute Gasteiger partial charge is 0.306 e. The van der Waals surface area contributed by atoms with Gasteiger partial charge in [0.2, 0.25) is 0 Å². The number of carbonyl (C=O) groups is 3. The summed E-state index contributed by atoms with van der Waals surface area (Å²) in [5, 5.41) is 11.6. The minimum absolute atomic E-state index is 0.0429. The van der Waals surface area contributed by atoms with E-state index in [9.17, 15) is 19.5 Å². The summed E-state index contributed by atoms with van der Waals surface area (Å²) in [6.45, 7) is 4.61. The van der Waals surface area contributed by atoms with Gasteiger partial charge in [-0.25, -0.2) is 0 Å². The fourth-order valence-electron chi connectivity index (χ4n) is 5.59. The second-order valence-electron chi connectivity index (χ2n) is 14.2. The van der Waals surface area contributed by atoms with Crippen LogP contribution in [-0.2, 0) is 28.6 Å². The summed E-state index contributed by atoms with van der Waals surface area (Å²) < 4.78 is 17.1. The van der Waals surface area contributed by atoms with E-state index in [1.54, 1.807) is 21.1 Å². The zero-order chi connectivity index (χ0) is 35.0. The summed E-state index contributed by atoms with van der Waals surface area (Å²) in [7, 11) is 5.40. The first-order chi connectivity index (χ1) is 22.6. The lowest BCUT2D eigenvalue weighted by Gasteiger charge is -2.34. The molecule has 0 saturated heterocycles. The number of allylic oxidation sites excluding steroid dienone is 2. The zero-order valence-electron chi connectivity index (χ0n) is 31.2. The van der Waals surface area contributed by atoms with Gasteiger partial charge in [-0.3, -0.25) is 9.59 Å². The summed E-state index contributed by atoms with van der Waals surface area (Å²) in [4.78, 5) is 36.6. The first-order valence-corrected chi connectivity index (χ1v) is 19.2. The van der Waals surface area contributed by atoms with Crippen molar-refractivity contribution in [3.05, 3.63) is 12.2 Å². The largest absolute Gasteiger partial charge is 0.544 e. The molecule has 0 fully saturated rings. The number of aliphatic carboxylic acids is 1. The van der Waals surface area contributed by atoms with E-state index in [-0.39, 0.29) is 42.7 Å². The van der Waals surface area contributed by atoms with Gasteiger partial charge in [0, 0.05) is 19.3 Å². The Labute approximate surface area is 289 Å². The van der Waals surface area contributed by atoms with Crippen LogP contribution in [0.15, 0.2) is 12.2 Å². The van der Waals surface area contributed by atoms with E-state index >= 15 is 0 Å². The molecule has 0 radical (unpaired) electrons. The Morgan fingerprint density at radius 1 is 0.617 bits per heavy atom. The quantitative estimate of drug-likeness (QED) is 0.0295. The Bertz CT molecular complexity index is 793. The number of quaternary nitrogens is 1. The van der Waals surface area contributed by atoms with Gasteiger partial charge in [-0.15, -0.1) is 0 Å². The van der Waals surface area contributed by atoms with E-state index in [2.05, 4.69) is 26.0 Å². The van der Waals surface area contributed by atoms with Gasteiger partial charge in [-0.1, -0.05) is 122 Å². The molecule has 0 N–H and O–H groups in total. The maximum absolute atomic E-state index is 12.6. The molecule has 0 bridgehead atoms. The van der Waals surface area contributed by atoms with Crippen LogP contribution >= 0.6 is 0 Å². The number of esters is 2. The molecule has 0 amide bonds. The third-order valence-electron chi connectivity index (χ3n) is 8.65. The van der Waals surface area contributed by atoms with Crippen LogP contribution in [0.5, 0.6) is 0 Å². The Morgan fingerprint density at radius 3 is 1.57 bits per heavy atom. The molecule has 2 unspecified atom stereocenters. The van der Waals surface area contributed by atoms with Crippen LogP contribution in [0.25, 0.3) is 0 Å². The van der Waals surface area contributed by atoms with Crippen LogP contribution in [0, 0.1) is 0 Å². The topological polar surface area (TPSA) is 102 Å². The summed E-state index contributed by atoms with van der Waals surface area (Å²) in [6, 6.07) is -0.720. The van der Waals surface area contributed by atoms with Crippen molar-refractivity contribution in [3.63, 3.8) is 0 Å². The lowest BCUT2D eigenvalue weighted by Crippen LogP contribution is -2.55. The number of carboxylic acid groups (broad SMARTS) is 1. The molecule has 2 atom stereocenters. The number of rotatable bonds is 34. The van der Waals surface area contributed by atoms with Crippen molar-refractivity contribution >= 4 is 17.9 Å². The lowest BCUT2D eigenvalue weighted by atomic mass is 10.1. The molecule has 0 aliphatic heterocycles. The zero-order valence-corrected chi connectivity index (χ0v) is 31.2. The summed E-state index contributed by atoms with van der Waals surface area (Å²) in [5.74, 6) is -1.74. The highest BCUT2D eigenvalue weighted by Crippen LogP contribution is 2.14. The van der Waals surface area contributed by atoms with Gasteiger partial charge in [-0.2, -0.15) is 0 Å². The molecule has 0 aromatic rings. The molecule has 0 aromatic carbocycles. The standard InChI is InChI=1S/C39H73NO7/c1-6-8-10-12-14-16-18-20-21-23-25-27-29-37(41)46-34-35(33-45-32-31-36(39(43)44)40(3,4)5)47-38(42)30-28-26-24-22-19-17-15-13-11-9-7-2/h14,16,35-36H,6-13,15,17-34H2,1-5H3/b16-14+. The average Bonchev–Trinajstić information content (AvgIpc) is 3.01. The molecule has 276 valence electrons. The molecule has 0 rings (SSSR count). The Morgan fingerprint density at radius 2 is 1.06 bits per heavy atom. The predicted octanol–water partition coefficient (Wildman–Crippen LogP) is 8.24. The predicted molar refractivity (Wildman–Crippen MR) is 190 cm³/mol. The monoisotopic (exact) mass is 668 g/mol. The molecule has 47 heavy (non-hydrogen) atoms. The van der Waals surface area contributed by atoms with Gasteiger partial charge in [0.15, 0.2) is 6.10 Å². The lowest BCUT2D eigenvalue weighted by molar-refractivity contribution is -0.889. The number of unbranched alkanes of at least 4 members (excludes halogenated alkanes) is 18. The van der Waals surface area contributed by atoms with Crippen LogP contribution in [0.4, 0.5) is 0 Å². The highest BCUT2D eigenvalue weighted by atomic mass is 16.6. The first kappa shape index (κ1) is 45.1. The number of carboxylic acids is 1. The van der Waals surface area contributed by atoms with Crippen molar-refractivity contribution in [2.75, 3.05) is 41.0 Å². The molecule has 0 saturated carbocycles. The molecule has 0 spiro atoms. The fourth-order valence-corrected chi connectivity index (χ4v) is 5.59. The van der Waals surface area contributed by atoms with E-state index in [1.165, 1.54) is 83.5 Å². The van der Waals surface area contributed by atoms with Crippen LogP contribution < -0.4 is 5.11 Å². The molecule has 8 nitrogen and oxygen atoms in total. The fraction of sp³-hybridized carbons (Fsp3) is 0.872. The molecular formula is C39H73NO7. The highest BCUT2D eigenvalue weighted by molar-refractivity contribution is 5.70. The van der Waals surface area contributed by atoms with E-state index in [0.29, 0.717) is 12.8 Å². The van der Waals surface area contributed by atoms with Crippen LogP contribution in [0.3, 0.4) is 0 Å². The SMILES string of the molecule is CCCCC/C=C/CCCCCCCC(=O)OCC(COCCC(C(=O)[O-])[N+](C)(C)C)OC(=O)CCCCCCCCCCCCC. The maximum Gasteiger partial charge on any atom is 0.306 e. The van der Waals surface area contributed by atoms with Gasteiger partial charge >= 0.3 is 11.9 Å². The van der Waals surface area contributed by atoms with Crippen LogP contribution in [-0.4, -0.2) is 75.5 Å². The van der Waals surface area contributed by atoms with Gasteiger partial charge in [0.25, 0.3) is 0 Å². The number of hydrogen-bond acceptors (Lipinski definition) is 7. The molecule has 0 aromatic heterocycles. The third kappa shape index (κ3) is 29.9. The Balaban J connectivity index is 4.42. The first-order valence-electron chi connectivity index (χ1n) is 19.2. The maximum atomic E-state index is 12.6. The van der Waals surface area contributed by atoms with E-state index in [4.69, 9.17) is 14.2 Å². The van der Waals surface area contributed by atoms with E-state index < -0.39 is 18.1 Å². The van der Waals surface area contributed by atoms with E-state index in [1.807, 2.05) is 0 Å². The van der Waals surface area contributed by atoms with Crippen LogP contribution in [0.1, 0.15) is 168 Å². The molecule has 0 aliphatic carbocycles.